The zero-order valence-electron chi connectivity index (χ0n) is 16.2. The molecule has 28 heavy (non-hydrogen) atoms. The molecule has 0 unspecified atom stereocenters. The maximum Gasteiger partial charge on any atom is 0.337 e. The summed E-state index contributed by atoms with van der Waals surface area (Å²) in [5, 5.41) is 0. The highest BCUT2D eigenvalue weighted by atomic mass is 16.5. The maximum atomic E-state index is 12.5. The van der Waals surface area contributed by atoms with Gasteiger partial charge in [0.2, 0.25) is 5.91 Å². The molecule has 0 saturated carbocycles. The van der Waals surface area contributed by atoms with E-state index < -0.39 is 0 Å². The van der Waals surface area contributed by atoms with Crippen molar-refractivity contribution in [3.05, 3.63) is 77.4 Å². The van der Waals surface area contributed by atoms with E-state index in [1.54, 1.807) is 12.1 Å². The van der Waals surface area contributed by atoms with Gasteiger partial charge >= 0.3 is 5.97 Å². The molecule has 1 heterocycles. The van der Waals surface area contributed by atoms with Crippen molar-refractivity contribution < 1.29 is 14.3 Å². The number of hydrogen-bond acceptors (Lipinski definition) is 4. The highest BCUT2D eigenvalue weighted by Gasteiger charge is 2.20. The van der Waals surface area contributed by atoms with Crippen molar-refractivity contribution in [2.75, 3.05) is 33.3 Å². The van der Waals surface area contributed by atoms with E-state index in [-0.39, 0.29) is 11.9 Å². The van der Waals surface area contributed by atoms with Crippen molar-refractivity contribution in [2.45, 2.75) is 13.0 Å². The lowest BCUT2D eigenvalue weighted by atomic mass is 10.1. The molecule has 1 aliphatic rings. The predicted octanol–water partition coefficient (Wildman–Crippen LogP) is 3.22. The number of carbonyl (C=O) groups excluding carboxylic acids is 2. The minimum Gasteiger partial charge on any atom is -0.465 e. The molecule has 0 spiro atoms. The lowest BCUT2D eigenvalue weighted by molar-refractivity contribution is -0.130. The Labute approximate surface area is 166 Å². The SMILES string of the molecule is COC(=O)c1ccc(CN2CCN(C/C=C/c3ccccc3)CCC2=O)cc1. The topological polar surface area (TPSA) is 49.9 Å². The first-order valence-electron chi connectivity index (χ1n) is 9.54. The second-order valence-electron chi connectivity index (χ2n) is 6.87. The maximum absolute atomic E-state index is 12.5. The summed E-state index contributed by atoms with van der Waals surface area (Å²) in [6.07, 6.45) is 4.80. The Bertz CT molecular complexity index is 816. The molecule has 2 aromatic carbocycles. The largest absolute Gasteiger partial charge is 0.465 e. The first-order valence-corrected chi connectivity index (χ1v) is 9.54. The van der Waals surface area contributed by atoms with Crippen LogP contribution in [0.15, 0.2) is 60.7 Å². The third-order valence-electron chi connectivity index (χ3n) is 4.90. The number of amides is 1. The highest BCUT2D eigenvalue weighted by molar-refractivity contribution is 5.89. The summed E-state index contributed by atoms with van der Waals surface area (Å²) in [7, 11) is 1.37. The van der Waals surface area contributed by atoms with Crippen molar-refractivity contribution >= 4 is 18.0 Å². The number of nitrogens with zero attached hydrogens (tertiary/aromatic N) is 2. The van der Waals surface area contributed by atoms with E-state index in [2.05, 4.69) is 29.2 Å². The van der Waals surface area contributed by atoms with E-state index in [9.17, 15) is 9.59 Å². The van der Waals surface area contributed by atoms with Crippen molar-refractivity contribution in [3.8, 4) is 0 Å². The summed E-state index contributed by atoms with van der Waals surface area (Å²) in [5.41, 5.74) is 2.72. The van der Waals surface area contributed by atoms with E-state index in [1.165, 1.54) is 12.7 Å². The molecule has 0 N–H and O–H groups in total. The number of esters is 1. The summed E-state index contributed by atoms with van der Waals surface area (Å²) in [6.45, 7) is 3.73. The van der Waals surface area contributed by atoms with Crippen molar-refractivity contribution in [3.63, 3.8) is 0 Å². The van der Waals surface area contributed by atoms with E-state index in [0.717, 1.165) is 25.2 Å². The van der Waals surface area contributed by atoms with Gasteiger partial charge in [-0.2, -0.15) is 0 Å². The molecule has 5 heteroatoms. The summed E-state index contributed by atoms with van der Waals surface area (Å²) >= 11 is 0. The monoisotopic (exact) mass is 378 g/mol. The van der Waals surface area contributed by atoms with Crippen LogP contribution in [-0.2, 0) is 16.1 Å². The summed E-state index contributed by atoms with van der Waals surface area (Å²) in [5.74, 6) is -0.178. The predicted molar refractivity (Wildman–Crippen MR) is 110 cm³/mol. The molecule has 1 aliphatic heterocycles. The smallest absolute Gasteiger partial charge is 0.337 e. The molecule has 1 amide bonds. The van der Waals surface area contributed by atoms with Gasteiger partial charge in [0.05, 0.1) is 12.7 Å². The Morgan fingerprint density at radius 3 is 2.50 bits per heavy atom. The fourth-order valence-corrected chi connectivity index (χ4v) is 3.25. The van der Waals surface area contributed by atoms with Crippen molar-refractivity contribution in [1.29, 1.82) is 0 Å². The normalized spacial score (nSPS) is 15.6. The minimum atomic E-state index is -0.350. The molecule has 0 atom stereocenters. The molecule has 146 valence electrons. The molecule has 3 rings (SSSR count). The number of carbonyl (C=O) groups is 2. The van der Waals surface area contributed by atoms with Crippen LogP contribution in [0, 0.1) is 0 Å². The van der Waals surface area contributed by atoms with Gasteiger partial charge in [-0.25, -0.2) is 4.79 Å². The van der Waals surface area contributed by atoms with Gasteiger partial charge < -0.3 is 9.64 Å². The van der Waals surface area contributed by atoms with E-state index in [4.69, 9.17) is 4.74 Å². The van der Waals surface area contributed by atoms with Crippen LogP contribution < -0.4 is 0 Å². The van der Waals surface area contributed by atoms with Crippen molar-refractivity contribution in [2.24, 2.45) is 0 Å². The number of ether oxygens (including phenoxy) is 1. The average molecular weight is 378 g/mol. The zero-order chi connectivity index (χ0) is 19.8. The number of rotatable bonds is 6. The third kappa shape index (κ3) is 5.54. The van der Waals surface area contributed by atoms with Crippen LogP contribution in [0.2, 0.25) is 0 Å². The van der Waals surface area contributed by atoms with Gasteiger partial charge in [-0.05, 0) is 23.3 Å². The standard InChI is InChI=1S/C23H26N2O3/c1-28-23(27)21-11-9-20(10-12-21)18-25-17-16-24(15-13-22(25)26)14-5-8-19-6-3-2-4-7-19/h2-12H,13-18H2,1H3/b8-5+. The molecule has 2 aromatic rings. The van der Waals surface area contributed by atoms with Gasteiger partial charge in [-0.15, -0.1) is 0 Å². The van der Waals surface area contributed by atoms with Crippen LogP contribution >= 0.6 is 0 Å². The van der Waals surface area contributed by atoms with Crippen LogP contribution in [0.25, 0.3) is 6.08 Å². The van der Waals surface area contributed by atoms with Crippen LogP contribution in [-0.4, -0.2) is 55.0 Å². The Morgan fingerprint density at radius 1 is 1.04 bits per heavy atom. The Kier molecular flexibility index (Phi) is 6.98. The minimum absolute atomic E-state index is 0.173. The molecule has 0 aliphatic carbocycles. The van der Waals surface area contributed by atoms with Gasteiger partial charge in [0.15, 0.2) is 0 Å². The Balaban J connectivity index is 1.53. The number of hydrogen-bond donors (Lipinski definition) is 0. The number of methoxy groups -OCH3 is 1. The van der Waals surface area contributed by atoms with Gasteiger partial charge in [0, 0.05) is 39.1 Å². The lowest BCUT2D eigenvalue weighted by Crippen LogP contribution is -2.32. The lowest BCUT2D eigenvalue weighted by Gasteiger charge is -2.21. The summed E-state index contributed by atoms with van der Waals surface area (Å²) in [6, 6.07) is 17.5. The molecule has 5 nitrogen and oxygen atoms in total. The highest BCUT2D eigenvalue weighted by Crippen LogP contribution is 2.12. The molecule has 1 fully saturated rings. The molecule has 1 saturated heterocycles. The zero-order valence-corrected chi connectivity index (χ0v) is 16.2. The van der Waals surface area contributed by atoms with E-state index in [0.29, 0.717) is 25.1 Å². The second-order valence-corrected chi connectivity index (χ2v) is 6.87. The first kappa shape index (κ1) is 19.8. The first-order chi connectivity index (χ1) is 13.7. The summed E-state index contributed by atoms with van der Waals surface area (Å²) < 4.78 is 4.72. The van der Waals surface area contributed by atoms with Gasteiger partial charge in [-0.3, -0.25) is 9.69 Å². The quantitative estimate of drug-likeness (QED) is 0.724. The fraction of sp³-hybridized carbons (Fsp3) is 0.304. The van der Waals surface area contributed by atoms with Crippen LogP contribution in [0.4, 0.5) is 0 Å². The molecule has 0 bridgehead atoms. The molecular weight excluding hydrogens is 352 g/mol. The molecule has 0 aromatic heterocycles. The second kappa shape index (κ2) is 9.85. The molecule has 0 radical (unpaired) electrons. The summed E-state index contributed by atoms with van der Waals surface area (Å²) in [4.78, 5) is 28.2. The average Bonchev–Trinajstić information content (AvgIpc) is 2.91. The van der Waals surface area contributed by atoms with Crippen LogP contribution in [0.1, 0.15) is 27.9 Å². The Morgan fingerprint density at radius 2 is 1.79 bits per heavy atom. The van der Waals surface area contributed by atoms with Gasteiger partial charge in [0.25, 0.3) is 0 Å². The third-order valence-corrected chi connectivity index (χ3v) is 4.90. The van der Waals surface area contributed by atoms with Crippen molar-refractivity contribution in [1.82, 2.24) is 9.80 Å². The van der Waals surface area contributed by atoms with Crippen LogP contribution in [0.5, 0.6) is 0 Å². The van der Waals surface area contributed by atoms with E-state index in [1.807, 2.05) is 35.2 Å². The van der Waals surface area contributed by atoms with Crippen LogP contribution in [0.3, 0.4) is 0 Å². The Hall–Kier alpha value is -2.92. The number of benzene rings is 2. The van der Waals surface area contributed by atoms with E-state index >= 15 is 0 Å². The molecular formula is C23H26N2O3. The van der Waals surface area contributed by atoms with Gasteiger partial charge in [0.1, 0.15) is 0 Å². The fourth-order valence-electron chi connectivity index (χ4n) is 3.25. The van der Waals surface area contributed by atoms with Gasteiger partial charge in [-0.1, -0.05) is 54.6 Å².